The number of hydrogen-bond donors (Lipinski definition) is 3. The number of carbonyl (C=O) groups is 1. The predicted molar refractivity (Wildman–Crippen MR) is 73.8 cm³/mol. The Kier molecular flexibility index (Phi) is 3.80. The first kappa shape index (κ1) is 13.3. The Labute approximate surface area is 114 Å². The van der Waals surface area contributed by atoms with Crippen LogP contribution in [-0.2, 0) is 0 Å². The van der Waals surface area contributed by atoms with Gasteiger partial charge in [-0.15, -0.1) is 0 Å². The number of aromatic hydroxyl groups is 1. The van der Waals surface area contributed by atoms with E-state index in [1.807, 2.05) is 0 Å². The summed E-state index contributed by atoms with van der Waals surface area (Å²) in [5.41, 5.74) is 0.410. The molecule has 7 nitrogen and oxygen atoms in total. The molecule has 2 aromatic carbocycles. The van der Waals surface area contributed by atoms with Gasteiger partial charge in [-0.25, -0.2) is 4.79 Å². The van der Waals surface area contributed by atoms with Gasteiger partial charge in [-0.3, -0.25) is 10.1 Å². The molecule has 0 atom stereocenters. The number of hydrogen-bond acceptors (Lipinski definition) is 4. The third kappa shape index (κ3) is 3.22. The lowest BCUT2D eigenvalue weighted by molar-refractivity contribution is -0.384. The number of nitro benzene ring substituents is 1. The number of phenols is 1. The van der Waals surface area contributed by atoms with Crippen LogP contribution in [-0.4, -0.2) is 16.1 Å². The lowest BCUT2D eigenvalue weighted by Crippen LogP contribution is -2.19. The number of para-hydroxylation sites is 2. The molecule has 7 heteroatoms. The number of nitrogens with zero attached hydrogens (tertiary/aromatic N) is 1. The van der Waals surface area contributed by atoms with Crippen LogP contribution in [0.2, 0.25) is 0 Å². The Morgan fingerprint density at radius 2 is 1.85 bits per heavy atom. The molecule has 0 aliphatic rings. The first-order chi connectivity index (χ1) is 9.56. The summed E-state index contributed by atoms with van der Waals surface area (Å²) >= 11 is 0. The summed E-state index contributed by atoms with van der Waals surface area (Å²) in [4.78, 5) is 21.8. The average Bonchev–Trinajstić information content (AvgIpc) is 2.41. The monoisotopic (exact) mass is 273 g/mol. The number of anilines is 2. The molecule has 0 aliphatic heterocycles. The molecular weight excluding hydrogens is 262 g/mol. The highest BCUT2D eigenvalue weighted by Gasteiger charge is 2.09. The molecule has 0 unspecified atom stereocenters. The van der Waals surface area contributed by atoms with Crippen LogP contribution < -0.4 is 10.6 Å². The summed E-state index contributed by atoms with van der Waals surface area (Å²) in [6, 6.07) is 11.2. The second-order valence-electron chi connectivity index (χ2n) is 3.90. The van der Waals surface area contributed by atoms with E-state index in [2.05, 4.69) is 10.6 Å². The van der Waals surface area contributed by atoms with Crippen LogP contribution in [0.4, 0.5) is 21.9 Å². The van der Waals surface area contributed by atoms with Crippen LogP contribution in [0.15, 0.2) is 48.5 Å². The van der Waals surface area contributed by atoms with Gasteiger partial charge in [-0.05, 0) is 18.2 Å². The van der Waals surface area contributed by atoms with Crippen molar-refractivity contribution in [2.45, 2.75) is 0 Å². The number of carbonyl (C=O) groups excluding carboxylic acids is 1. The molecule has 102 valence electrons. The number of amides is 2. The molecule has 0 spiro atoms. The zero-order valence-electron chi connectivity index (χ0n) is 10.2. The summed E-state index contributed by atoms with van der Waals surface area (Å²) in [6.45, 7) is 0. The molecule has 0 aliphatic carbocycles. The minimum atomic E-state index is -0.605. The van der Waals surface area contributed by atoms with Crippen molar-refractivity contribution in [2.75, 3.05) is 10.6 Å². The van der Waals surface area contributed by atoms with Crippen LogP contribution >= 0.6 is 0 Å². The van der Waals surface area contributed by atoms with E-state index in [-0.39, 0.29) is 22.8 Å². The van der Waals surface area contributed by atoms with Crippen molar-refractivity contribution in [1.29, 1.82) is 0 Å². The van der Waals surface area contributed by atoms with Crippen LogP contribution in [0.5, 0.6) is 5.75 Å². The maximum absolute atomic E-state index is 11.7. The highest BCUT2D eigenvalue weighted by Crippen LogP contribution is 2.22. The number of non-ortho nitro benzene ring substituents is 1. The lowest BCUT2D eigenvalue weighted by Gasteiger charge is -2.08. The molecule has 0 aromatic heterocycles. The third-order valence-electron chi connectivity index (χ3n) is 2.47. The van der Waals surface area contributed by atoms with E-state index in [0.29, 0.717) is 0 Å². The van der Waals surface area contributed by atoms with Gasteiger partial charge in [0.1, 0.15) is 5.75 Å². The Morgan fingerprint density at radius 1 is 1.10 bits per heavy atom. The zero-order chi connectivity index (χ0) is 14.5. The third-order valence-corrected chi connectivity index (χ3v) is 2.47. The summed E-state index contributed by atoms with van der Waals surface area (Å²) < 4.78 is 0. The van der Waals surface area contributed by atoms with Crippen LogP contribution in [0.3, 0.4) is 0 Å². The number of nitro groups is 1. The molecule has 2 aromatic rings. The smallest absolute Gasteiger partial charge is 0.323 e. The van der Waals surface area contributed by atoms with Crippen molar-refractivity contribution in [2.24, 2.45) is 0 Å². The van der Waals surface area contributed by atoms with Crippen molar-refractivity contribution in [3.8, 4) is 5.75 Å². The maximum atomic E-state index is 11.7. The highest BCUT2D eigenvalue weighted by atomic mass is 16.6. The summed E-state index contributed by atoms with van der Waals surface area (Å²) in [6.07, 6.45) is 0. The SMILES string of the molecule is O=C(Nc1cccc([N+](=O)[O-])c1)Nc1ccccc1O. The van der Waals surface area contributed by atoms with E-state index >= 15 is 0 Å². The summed E-state index contributed by atoms with van der Waals surface area (Å²) in [5.74, 6) is -0.0679. The lowest BCUT2D eigenvalue weighted by atomic mass is 10.3. The van der Waals surface area contributed by atoms with E-state index in [1.54, 1.807) is 12.1 Å². The number of phenolic OH excluding ortho intramolecular Hbond substituents is 1. The topological polar surface area (TPSA) is 104 Å². The predicted octanol–water partition coefficient (Wildman–Crippen LogP) is 2.94. The van der Waals surface area contributed by atoms with Crippen LogP contribution in [0.1, 0.15) is 0 Å². The molecule has 0 saturated heterocycles. The second-order valence-corrected chi connectivity index (χ2v) is 3.90. The molecule has 20 heavy (non-hydrogen) atoms. The molecule has 2 amide bonds. The molecule has 2 rings (SSSR count). The van der Waals surface area contributed by atoms with E-state index in [0.717, 1.165) is 0 Å². The van der Waals surface area contributed by atoms with Crippen molar-refractivity contribution in [3.05, 3.63) is 58.6 Å². The molecule has 0 bridgehead atoms. The van der Waals surface area contributed by atoms with E-state index in [9.17, 15) is 20.0 Å². The van der Waals surface area contributed by atoms with Gasteiger partial charge in [-0.1, -0.05) is 18.2 Å². The fraction of sp³-hybridized carbons (Fsp3) is 0. The quantitative estimate of drug-likeness (QED) is 0.454. The standard InChI is InChI=1S/C13H11N3O4/c17-12-7-2-1-6-11(12)15-13(18)14-9-4-3-5-10(8-9)16(19)20/h1-8,17H,(H2,14,15,18). The number of benzene rings is 2. The minimum Gasteiger partial charge on any atom is -0.506 e. The van der Waals surface area contributed by atoms with Crippen molar-refractivity contribution < 1.29 is 14.8 Å². The van der Waals surface area contributed by atoms with E-state index < -0.39 is 11.0 Å². The van der Waals surface area contributed by atoms with Gasteiger partial charge in [0.05, 0.1) is 10.6 Å². The number of nitrogens with one attached hydrogen (secondary N) is 2. The number of urea groups is 1. The van der Waals surface area contributed by atoms with Crippen LogP contribution in [0.25, 0.3) is 0 Å². The molecule has 0 radical (unpaired) electrons. The molecule has 0 heterocycles. The second kappa shape index (κ2) is 5.70. The van der Waals surface area contributed by atoms with Crippen molar-refractivity contribution in [3.63, 3.8) is 0 Å². The first-order valence-electron chi connectivity index (χ1n) is 5.67. The zero-order valence-corrected chi connectivity index (χ0v) is 10.2. The van der Waals surface area contributed by atoms with Crippen LogP contribution in [0, 0.1) is 10.1 Å². The Morgan fingerprint density at radius 3 is 2.55 bits per heavy atom. The largest absolute Gasteiger partial charge is 0.506 e. The minimum absolute atomic E-state index is 0.0679. The first-order valence-corrected chi connectivity index (χ1v) is 5.67. The van der Waals surface area contributed by atoms with E-state index in [4.69, 9.17) is 0 Å². The molecular formula is C13H11N3O4. The van der Waals surface area contributed by atoms with E-state index in [1.165, 1.54) is 36.4 Å². The fourth-order valence-corrected chi connectivity index (χ4v) is 1.56. The van der Waals surface area contributed by atoms with Gasteiger partial charge in [0.15, 0.2) is 0 Å². The van der Waals surface area contributed by atoms with Gasteiger partial charge >= 0.3 is 6.03 Å². The number of rotatable bonds is 3. The van der Waals surface area contributed by atoms with Crippen molar-refractivity contribution >= 4 is 23.1 Å². The van der Waals surface area contributed by atoms with Gasteiger partial charge < -0.3 is 15.7 Å². The van der Waals surface area contributed by atoms with Crippen molar-refractivity contribution in [1.82, 2.24) is 0 Å². The maximum Gasteiger partial charge on any atom is 0.323 e. The summed E-state index contributed by atoms with van der Waals surface area (Å²) in [7, 11) is 0. The summed E-state index contributed by atoms with van der Waals surface area (Å²) in [5, 5.41) is 25.0. The molecule has 3 N–H and O–H groups in total. The normalized spacial score (nSPS) is 9.80. The van der Waals surface area contributed by atoms with Gasteiger partial charge in [0.2, 0.25) is 0 Å². The average molecular weight is 273 g/mol. The Balaban J connectivity index is 2.07. The van der Waals surface area contributed by atoms with Gasteiger partial charge in [-0.2, -0.15) is 0 Å². The highest BCUT2D eigenvalue weighted by molar-refractivity contribution is 6.00. The van der Waals surface area contributed by atoms with Gasteiger partial charge in [0.25, 0.3) is 5.69 Å². The molecule has 0 fully saturated rings. The van der Waals surface area contributed by atoms with Gasteiger partial charge in [0, 0.05) is 17.8 Å². The Hall–Kier alpha value is -3.09. The fourth-order valence-electron chi connectivity index (χ4n) is 1.56. The Bertz CT molecular complexity index is 658. The molecule has 0 saturated carbocycles.